The standard InChI is InChI=1S/C15H24N2O2S2/c1-15(2,3)12-7-9-17(10-8-12)21(18,19)14-6-5-13(20-14)11-16-4/h5-7,16H,8-11H2,1-4H3. The fourth-order valence-electron chi connectivity index (χ4n) is 2.44. The molecule has 118 valence electrons. The van der Waals surface area contributed by atoms with Gasteiger partial charge in [0.1, 0.15) is 4.21 Å². The Morgan fingerprint density at radius 1 is 1.33 bits per heavy atom. The Balaban J connectivity index is 2.16. The van der Waals surface area contributed by atoms with E-state index in [1.165, 1.54) is 16.9 Å². The van der Waals surface area contributed by atoms with Gasteiger partial charge >= 0.3 is 0 Å². The molecule has 0 aromatic carbocycles. The van der Waals surface area contributed by atoms with Crippen molar-refractivity contribution in [1.82, 2.24) is 9.62 Å². The van der Waals surface area contributed by atoms with Gasteiger partial charge in [-0.15, -0.1) is 11.3 Å². The van der Waals surface area contributed by atoms with Crippen LogP contribution in [0.5, 0.6) is 0 Å². The third-order valence-corrected chi connectivity index (χ3v) is 7.14. The molecule has 0 unspecified atom stereocenters. The number of nitrogens with one attached hydrogen (secondary N) is 1. The van der Waals surface area contributed by atoms with Gasteiger partial charge in [0.05, 0.1) is 0 Å². The normalized spacial score (nSPS) is 17.8. The molecule has 0 saturated carbocycles. The summed E-state index contributed by atoms with van der Waals surface area (Å²) in [6.07, 6.45) is 2.89. The third-order valence-electron chi connectivity index (χ3n) is 3.72. The Hall–Kier alpha value is -0.690. The van der Waals surface area contributed by atoms with Crippen LogP contribution < -0.4 is 5.32 Å². The van der Waals surface area contributed by atoms with Crippen molar-refractivity contribution in [2.24, 2.45) is 5.41 Å². The molecular formula is C15H24N2O2S2. The maximum Gasteiger partial charge on any atom is 0.252 e. The van der Waals surface area contributed by atoms with E-state index in [1.54, 1.807) is 10.4 Å². The van der Waals surface area contributed by atoms with Crippen molar-refractivity contribution in [3.8, 4) is 0 Å². The van der Waals surface area contributed by atoms with Crippen LogP contribution in [0.25, 0.3) is 0 Å². The number of thiophene rings is 1. The predicted octanol–water partition coefficient (Wildman–Crippen LogP) is 2.83. The highest BCUT2D eigenvalue weighted by molar-refractivity contribution is 7.91. The Morgan fingerprint density at radius 2 is 2.05 bits per heavy atom. The summed E-state index contributed by atoms with van der Waals surface area (Å²) in [4.78, 5) is 1.04. The quantitative estimate of drug-likeness (QED) is 0.865. The lowest BCUT2D eigenvalue weighted by Gasteiger charge is -2.31. The molecule has 1 N–H and O–H groups in total. The molecule has 2 rings (SSSR count). The molecule has 0 saturated heterocycles. The van der Waals surface area contributed by atoms with Crippen molar-refractivity contribution in [3.05, 3.63) is 28.7 Å². The molecule has 2 heterocycles. The van der Waals surface area contributed by atoms with E-state index in [4.69, 9.17) is 0 Å². The largest absolute Gasteiger partial charge is 0.315 e. The van der Waals surface area contributed by atoms with Crippen molar-refractivity contribution in [2.45, 2.75) is 37.9 Å². The van der Waals surface area contributed by atoms with Gasteiger partial charge in [-0.2, -0.15) is 4.31 Å². The maximum atomic E-state index is 12.6. The average Bonchev–Trinajstić information content (AvgIpc) is 2.88. The van der Waals surface area contributed by atoms with Crippen molar-refractivity contribution in [1.29, 1.82) is 0 Å². The van der Waals surface area contributed by atoms with Gasteiger partial charge < -0.3 is 5.32 Å². The summed E-state index contributed by atoms with van der Waals surface area (Å²) >= 11 is 1.35. The molecule has 0 bridgehead atoms. The molecule has 0 fully saturated rings. The highest BCUT2D eigenvalue weighted by atomic mass is 32.2. The molecule has 0 spiro atoms. The Labute approximate surface area is 131 Å². The Bertz CT molecular complexity index is 624. The Kier molecular flexibility index (Phi) is 4.92. The van der Waals surface area contributed by atoms with E-state index in [0.29, 0.717) is 23.8 Å². The lowest BCUT2D eigenvalue weighted by Crippen LogP contribution is -2.36. The summed E-state index contributed by atoms with van der Waals surface area (Å²) in [5, 5.41) is 3.04. The summed E-state index contributed by atoms with van der Waals surface area (Å²) < 4.78 is 27.3. The predicted molar refractivity (Wildman–Crippen MR) is 88.0 cm³/mol. The lowest BCUT2D eigenvalue weighted by atomic mass is 9.83. The molecule has 4 nitrogen and oxygen atoms in total. The van der Waals surface area contributed by atoms with Gasteiger partial charge in [-0.05, 0) is 31.0 Å². The summed E-state index contributed by atoms with van der Waals surface area (Å²) in [7, 11) is -1.49. The first kappa shape index (κ1) is 16.7. The zero-order valence-corrected chi connectivity index (χ0v) is 14.8. The van der Waals surface area contributed by atoms with Crippen LogP contribution in [-0.4, -0.2) is 32.9 Å². The summed E-state index contributed by atoms with van der Waals surface area (Å²) in [5.41, 5.74) is 1.47. The molecule has 21 heavy (non-hydrogen) atoms. The first-order valence-electron chi connectivity index (χ1n) is 7.18. The molecule has 6 heteroatoms. The van der Waals surface area contributed by atoms with Crippen LogP contribution in [0.3, 0.4) is 0 Å². The minimum atomic E-state index is -3.35. The maximum absolute atomic E-state index is 12.6. The van der Waals surface area contributed by atoms with E-state index in [-0.39, 0.29) is 5.41 Å². The van der Waals surface area contributed by atoms with Crippen molar-refractivity contribution >= 4 is 21.4 Å². The van der Waals surface area contributed by atoms with E-state index in [1.807, 2.05) is 13.1 Å². The smallest absolute Gasteiger partial charge is 0.252 e. The molecular weight excluding hydrogens is 304 g/mol. The van der Waals surface area contributed by atoms with E-state index in [0.717, 1.165) is 11.3 Å². The first-order valence-corrected chi connectivity index (χ1v) is 9.44. The van der Waals surface area contributed by atoms with Gasteiger partial charge in [-0.25, -0.2) is 8.42 Å². The highest BCUT2D eigenvalue weighted by Gasteiger charge is 2.29. The van der Waals surface area contributed by atoms with Crippen LogP contribution in [0, 0.1) is 5.41 Å². The van der Waals surface area contributed by atoms with Gasteiger partial charge in [0.2, 0.25) is 0 Å². The van der Waals surface area contributed by atoms with E-state index >= 15 is 0 Å². The summed E-state index contributed by atoms with van der Waals surface area (Å²) in [6, 6.07) is 3.60. The van der Waals surface area contributed by atoms with E-state index < -0.39 is 10.0 Å². The second-order valence-corrected chi connectivity index (χ2v) is 9.68. The summed E-state index contributed by atoms with van der Waals surface area (Å²) in [5.74, 6) is 0. The van der Waals surface area contributed by atoms with Crippen molar-refractivity contribution in [2.75, 3.05) is 20.1 Å². The van der Waals surface area contributed by atoms with Gasteiger partial charge in [0, 0.05) is 24.5 Å². The number of rotatable bonds is 4. The van der Waals surface area contributed by atoms with Gasteiger partial charge in [-0.1, -0.05) is 32.4 Å². The minimum absolute atomic E-state index is 0.124. The fourth-order valence-corrected chi connectivity index (χ4v) is 5.35. The van der Waals surface area contributed by atoms with Crippen LogP contribution in [0.4, 0.5) is 0 Å². The van der Waals surface area contributed by atoms with Crippen LogP contribution in [-0.2, 0) is 16.6 Å². The minimum Gasteiger partial charge on any atom is -0.315 e. The number of nitrogens with zero attached hydrogens (tertiary/aromatic N) is 1. The van der Waals surface area contributed by atoms with Crippen LogP contribution in [0.15, 0.2) is 28.0 Å². The number of hydrogen-bond acceptors (Lipinski definition) is 4. The first-order chi connectivity index (χ1) is 9.75. The fraction of sp³-hybridized carbons (Fsp3) is 0.600. The molecule has 0 atom stereocenters. The number of hydrogen-bond donors (Lipinski definition) is 1. The molecule has 1 aliphatic heterocycles. The molecule has 0 aliphatic carbocycles. The van der Waals surface area contributed by atoms with Crippen molar-refractivity contribution < 1.29 is 8.42 Å². The van der Waals surface area contributed by atoms with E-state index in [2.05, 4.69) is 32.2 Å². The van der Waals surface area contributed by atoms with Crippen LogP contribution in [0.1, 0.15) is 32.1 Å². The monoisotopic (exact) mass is 328 g/mol. The van der Waals surface area contributed by atoms with Crippen molar-refractivity contribution in [3.63, 3.8) is 0 Å². The van der Waals surface area contributed by atoms with Crippen LogP contribution >= 0.6 is 11.3 Å². The Morgan fingerprint density at radius 3 is 2.57 bits per heavy atom. The molecule has 0 radical (unpaired) electrons. The van der Waals surface area contributed by atoms with Gasteiger partial charge in [0.25, 0.3) is 10.0 Å². The summed E-state index contributed by atoms with van der Waals surface area (Å²) in [6.45, 7) is 8.28. The second kappa shape index (κ2) is 6.20. The molecule has 1 aliphatic rings. The molecule has 1 aromatic rings. The van der Waals surface area contributed by atoms with Crippen LogP contribution in [0.2, 0.25) is 0 Å². The van der Waals surface area contributed by atoms with Gasteiger partial charge in [0.15, 0.2) is 0 Å². The van der Waals surface area contributed by atoms with Gasteiger partial charge in [-0.3, -0.25) is 0 Å². The molecule has 0 amide bonds. The highest BCUT2D eigenvalue weighted by Crippen LogP contribution is 2.32. The number of sulfonamides is 1. The lowest BCUT2D eigenvalue weighted by molar-refractivity contribution is 0.390. The van der Waals surface area contributed by atoms with E-state index in [9.17, 15) is 8.42 Å². The third kappa shape index (κ3) is 3.74. The SMILES string of the molecule is CNCc1ccc(S(=O)(=O)N2CC=C(C(C)(C)C)CC2)s1. The average molecular weight is 329 g/mol. The molecule has 1 aromatic heterocycles. The zero-order chi connectivity index (χ0) is 15.7. The zero-order valence-electron chi connectivity index (χ0n) is 13.1. The second-order valence-electron chi connectivity index (χ2n) is 6.34. The topological polar surface area (TPSA) is 49.4 Å².